The van der Waals surface area contributed by atoms with E-state index in [1.165, 1.54) is 18.3 Å². The van der Waals surface area contributed by atoms with E-state index in [9.17, 15) is 9.18 Å². The van der Waals surface area contributed by atoms with Crippen molar-refractivity contribution in [3.63, 3.8) is 0 Å². The van der Waals surface area contributed by atoms with Crippen LogP contribution in [-0.2, 0) is 0 Å². The summed E-state index contributed by atoms with van der Waals surface area (Å²) in [7, 11) is 0. The maximum absolute atomic E-state index is 13.1. The molecule has 0 aliphatic heterocycles. The highest BCUT2D eigenvalue weighted by Crippen LogP contribution is 2.18. The van der Waals surface area contributed by atoms with Crippen LogP contribution in [0.15, 0.2) is 59.7 Å². The molecule has 3 aromatic rings. The van der Waals surface area contributed by atoms with Crippen molar-refractivity contribution in [2.45, 2.75) is 6.92 Å². The highest BCUT2D eigenvalue weighted by atomic mass is 19.1. The molecule has 5 heteroatoms. The summed E-state index contributed by atoms with van der Waals surface area (Å²) in [6, 6.07) is 15.1. The molecule has 114 valence electrons. The molecule has 23 heavy (non-hydrogen) atoms. The Balaban J connectivity index is 1.84. The third-order valence-electron chi connectivity index (χ3n) is 3.32. The summed E-state index contributed by atoms with van der Waals surface area (Å²) in [4.78, 5) is 16.7. The number of pyridine rings is 1. The lowest BCUT2D eigenvalue weighted by Gasteiger charge is -2.06. The number of carbonyl (C=O) groups excluding carboxylic acids is 1. The van der Waals surface area contributed by atoms with Crippen LogP contribution >= 0.6 is 0 Å². The van der Waals surface area contributed by atoms with Crippen molar-refractivity contribution in [3.8, 4) is 0 Å². The van der Waals surface area contributed by atoms with Crippen molar-refractivity contribution >= 4 is 23.0 Å². The van der Waals surface area contributed by atoms with Gasteiger partial charge < -0.3 is 0 Å². The fourth-order valence-corrected chi connectivity index (χ4v) is 2.31. The quantitative estimate of drug-likeness (QED) is 0.595. The van der Waals surface area contributed by atoms with Gasteiger partial charge in [-0.25, -0.2) is 9.82 Å². The Labute approximate surface area is 132 Å². The molecular weight excluding hydrogens is 293 g/mol. The molecule has 1 N–H and O–H groups in total. The Morgan fingerprint density at radius 3 is 2.83 bits per heavy atom. The van der Waals surface area contributed by atoms with E-state index in [1.807, 2.05) is 31.2 Å². The molecule has 0 aliphatic carbocycles. The van der Waals surface area contributed by atoms with Crippen LogP contribution in [0, 0.1) is 12.7 Å². The second-order valence-electron chi connectivity index (χ2n) is 5.08. The van der Waals surface area contributed by atoms with Gasteiger partial charge in [-0.15, -0.1) is 0 Å². The Kier molecular flexibility index (Phi) is 4.10. The van der Waals surface area contributed by atoms with E-state index in [0.717, 1.165) is 16.6 Å². The first kappa shape index (κ1) is 14.8. The number of hydrazone groups is 1. The number of amides is 1. The van der Waals surface area contributed by atoms with E-state index in [4.69, 9.17) is 0 Å². The van der Waals surface area contributed by atoms with E-state index >= 15 is 0 Å². The molecule has 1 amide bonds. The molecule has 0 unspecified atom stereocenters. The van der Waals surface area contributed by atoms with E-state index in [1.54, 1.807) is 18.2 Å². The maximum atomic E-state index is 13.1. The summed E-state index contributed by atoms with van der Waals surface area (Å²) in [5, 5.41) is 4.64. The lowest BCUT2D eigenvalue weighted by molar-refractivity contribution is 0.0956. The fraction of sp³-hybridized carbons (Fsp3) is 0.0556. The van der Waals surface area contributed by atoms with Gasteiger partial charge >= 0.3 is 0 Å². The number of aromatic nitrogens is 1. The summed E-state index contributed by atoms with van der Waals surface area (Å²) >= 11 is 0. The highest BCUT2D eigenvalue weighted by molar-refractivity contribution is 6.06. The average molecular weight is 307 g/mol. The summed E-state index contributed by atoms with van der Waals surface area (Å²) in [6.45, 7) is 1.83. The molecule has 0 atom stereocenters. The van der Waals surface area contributed by atoms with Crippen molar-refractivity contribution < 1.29 is 9.18 Å². The van der Waals surface area contributed by atoms with Crippen molar-refractivity contribution in [1.29, 1.82) is 0 Å². The predicted molar refractivity (Wildman–Crippen MR) is 87.9 cm³/mol. The number of halogens is 1. The summed E-state index contributed by atoms with van der Waals surface area (Å²) in [5.74, 6) is -0.685. The molecule has 2 aromatic carbocycles. The number of hydrogen-bond acceptors (Lipinski definition) is 3. The predicted octanol–water partition coefficient (Wildman–Crippen LogP) is 3.45. The van der Waals surface area contributed by atoms with E-state index in [0.29, 0.717) is 11.1 Å². The van der Waals surface area contributed by atoms with Crippen LogP contribution in [0.5, 0.6) is 0 Å². The smallest absolute Gasteiger partial charge is 0.267 e. The average Bonchev–Trinajstić information content (AvgIpc) is 2.54. The highest BCUT2D eigenvalue weighted by Gasteiger charge is 2.10. The third kappa shape index (κ3) is 3.40. The minimum atomic E-state index is -0.351. The van der Waals surface area contributed by atoms with Gasteiger partial charge in [-0.3, -0.25) is 9.78 Å². The fourth-order valence-electron chi connectivity index (χ4n) is 2.31. The van der Waals surface area contributed by atoms with Crippen LogP contribution in [0.2, 0.25) is 0 Å². The molecule has 0 saturated carbocycles. The normalized spacial score (nSPS) is 11.0. The van der Waals surface area contributed by atoms with Gasteiger partial charge in [0.25, 0.3) is 5.91 Å². The molecule has 4 nitrogen and oxygen atoms in total. The molecule has 0 fully saturated rings. The SMILES string of the molecule is Cc1cc(C(=O)N/N=C\c2cccc(F)c2)c2ccccc2n1. The summed E-state index contributed by atoms with van der Waals surface area (Å²) < 4.78 is 13.1. The van der Waals surface area contributed by atoms with Gasteiger partial charge in [0.15, 0.2) is 0 Å². The van der Waals surface area contributed by atoms with Crippen molar-refractivity contribution in [2.24, 2.45) is 5.10 Å². The first-order valence-corrected chi connectivity index (χ1v) is 7.09. The zero-order chi connectivity index (χ0) is 16.2. The zero-order valence-corrected chi connectivity index (χ0v) is 12.5. The number of para-hydroxylation sites is 1. The maximum Gasteiger partial charge on any atom is 0.272 e. The lowest BCUT2D eigenvalue weighted by Crippen LogP contribution is -2.18. The number of aryl methyl sites for hydroxylation is 1. The molecule has 0 aliphatic rings. The summed E-state index contributed by atoms with van der Waals surface area (Å²) in [5.41, 5.74) is 5.05. The van der Waals surface area contributed by atoms with Gasteiger partial charge in [-0.1, -0.05) is 30.3 Å². The number of benzene rings is 2. The Morgan fingerprint density at radius 1 is 1.17 bits per heavy atom. The number of nitrogens with one attached hydrogen (secondary N) is 1. The number of fused-ring (bicyclic) bond motifs is 1. The van der Waals surface area contributed by atoms with E-state index in [2.05, 4.69) is 15.5 Å². The van der Waals surface area contributed by atoms with Crippen molar-refractivity contribution in [2.75, 3.05) is 0 Å². The lowest BCUT2D eigenvalue weighted by atomic mass is 10.1. The molecule has 0 saturated heterocycles. The minimum Gasteiger partial charge on any atom is -0.267 e. The zero-order valence-electron chi connectivity index (χ0n) is 12.5. The second-order valence-corrected chi connectivity index (χ2v) is 5.08. The van der Waals surface area contributed by atoms with Crippen LogP contribution in [0.1, 0.15) is 21.6 Å². The number of carbonyl (C=O) groups is 1. The summed E-state index contributed by atoms with van der Waals surface area (Å²) in [6.07, 6.45) is 1.40. The van der Waals surface area contributed by atoms with Gasteiger partial charge in [-0.2, -0.15) is 5.10 Å². The van der Waals surface area contributed by atoms with Crippen LogP contribution in [0.4, 0.5) is 4.39 Å². The van der Waals surface area contributed by atoms with Gasteiger partial charge in [0.05, 0.1) is 17.3 Å². The van der Waals surface area contributed by atoms with Gasteiger partial charge in [-0.05, 0) is 36.8 Å². The number of nitrogens with zero attached hydrogens (tertiary/aromatic N) is 2. The van der Waals surface area contributed by atoms with Gasteiger partial charge in [0, 0.05) is 11.1 Å². The van der Waals surface area contributed by atoms with Crippen LogP contribution in [0.25, 0.3) is 10.9 Å². The third-order valence-corrected chi connectivity index (χ3v) is 3.32. The standard InChI is InChI=1S/C18H14FN3O/c1-12-9-16(15-7-2-3-8-17(15)21-12)18(23)22-20-11-13-5-4-6-14(19)10-13/h2-11H,1H3,(H,22,23)/b20-11-. The van der Waals surface area contributed by atoms with Crippen molar-refractivity contribution in [3.05, 3.63) is 77.2 Å². The first-order valence-electron chi connectivity index (χ1n) is 7.09. The van der Waals surface area contributed by atoms with Crippen LogP contribution in [-0.4, -0.2) is 17.1 Å². The molecule has 0 radical (unpaired) electrons. The molecule has 0 spiro atoms. The Morgan fingerprint density at radius 2 is 2.00 bits per heavy atom. The number of rotatable bonds is 3. The minimum absolute atomic E-state index is 0.334. The van der Waals surface area contributed by atoms with Gasteiger partial charge in [0.2, 0.25) is 0 Å². The number of hydrogen-bond donors (Lipinski definition) is 1. The van der Waals surface area contributed by atoms with E-state index < -0.39 is 0 Å². The Bertz CT molecular complexity index is 906. The monoisotopic (exact) mass is 307 g/mol. The first-order chi connectivity index (χ1) is 11.1. The molecule has 0 bridgehead atoms. The molecule has 1 aromatic heterocycles. The molecule has 3 rings (SSSR count). The van der Waals surface area contributed by atoms with Crippen LogP contribution in [0.3, 0.4) is 0 Å². The topological polar surface area (TPSA) is 54.4 Å². The largest absolute Gasteiger partial charge is 0.272 e. The molecular formula is C18H14FN3O. The van der Waals surface area contributed by atoms with Crippen molar-refractivity contribution in [1.82, 2.24) is 10.4 Å². The van der Waals surface area contributed by atoms with E-state index in [-0.39, 0.29) is 11.7 Å². The molecule has 1 heterocycles. The second kappa shape index (κ2) is 6.36. The van der Waals surface area contributed by atoms with Crippen LogP contribution < -0.4 is 5.43 Å². The van der Waals surface area contributed by atoms with Gasteiger partial charge in [0.1, 0.15) is 5.82 Å². The Hall–Kier alpha value is -3.08.